The van der Waals surface area contributed by atoms with Crippen molar-refractivity contribution in [1.82, 2.24) is 9.78 Å². The van der Waals surface area contributed by atoms with E-state index in [1.807, 2.05) is 10.7 Å². The summed E-state index contributed by atoms with van der Waals surface area (Å²) in [7, 11) is -0.849. The first kappa shape index (κ1) is 19.8. The Kier molecular flexibility index (Phi) is 6.84. The maximum Gasteiger partial charge on any atom is 0.207 e. The van der Waals surface area contributed by atoms with Gasteiger partial charge in [0.2, 0.25) is 9.04 Å². The van der Waals surface area contributed by atoms with Crippen molar-refractivity contribution in [3.63, 3.8) is 0 Å². The van der Waals surface area contributed by atoms with Crippen molar-refractivity contribution < 1.29 is 8.82 Å². The number of fused-ring (bicyclic) bond motifs is 1. The van der Waals surface area contributed by atoms with Crippen LogP contribution >= 0.6 is 22.6 Å². The second kappa shape index (κ2) is 8.27. The highest BCUT2D eigenvalue weighted by Gasteiger charge is 2.20. The molecule has 1 heterocycles. The molecule has 0 spiro atoms. The van der Waals surface area contributed by atoms with E-state index in [1.165, 1.54) is 18.9 Å². The molecule has 1 unspecified atom stereocenters. The molecule has 2 rings (SSSR count). The van der Waals surface area contributed by atoms with Crippen LogP contribution in [0.1, 0.15) is 52.7 Å². The number of hydrogen-bond donors (Lipinski definition) is 0. The summed E-state index contributed by atoms with van der Waals surface area (Å²) in [5.74, 6) is -0.224. The molecule has 2 aromatic rings. The molecule has 0 aliphatic carbocycles. The van der Waals surface area contributed by atoms with Crippen LogP contribution in [0.2, 0.25) is 13.1 Å². The van der Waals surface area contributed by atoms with Crippen LogP contribution in [0.3, 0.4) is 0 Å². The fourth-order valence-electron chi connectivity index (χ4n) is 2.77. The highest BCUT2D eigenvalue weighted by atomic mass is 127. The molecule has 1 atom stereocenters. The fraction of sp³-hybridized carbons (Fsp3) is 0.611. The third-order valence-electron chi connectivity index (χ3n) is 3.90. The van der Waals surface area contributed by atoms with E-state index in [-0.39, 0.29) is 12.0 Å². The molecule has 1 radical (unpaired) electrons. The molecule has 6 heteroatoms. The molecule has 0 N–H and O–H groups in total. The van der Waals surface area contributed by atoms with Crippen LogP contribution in [0, 0.1) is 14.9 Å². The maximum atomic E-state index is 13.5. The summed E-state index contributed by atoms with van der Waals surface area (Å²) in [5.41, 5.74) is 1.32. The lowest BCUT2D eigenvalue weighted by Gasteiger charge is -2.23. The van der Waals surface area contributed by atoms with Crippen LogP contribution in [-0.4, -0.2) is 18.8 Å². The Morgan fingerprint density at radius 1 is 1.29 bits per heavy atom. The number of benzene rings is 1. The number of nitrogens with zero attached hydrogens (tertiary/aromatic N) is 2. The summed E-state index contributed by atoms with van der Waals surface area (Å²) in [5, 5.41) is 5.50. The van der Waals surface area contributed by atoms with E-state index in [9.17, 15) is 4.39 Å². The number of unbranched alkanes of at least 4 members (excludes halogenated alkanes) is 1. The topological polar surface area (TPSA) is 27.1 Å². The summed E-state index contributed by atoms with van der Waals surface area (Å²) in [4.78, 5) is 0. The Labute approximate surface area is 159 Å². The third kappa shape index (κ3) is 5.52. The minimum atomic E-state index is -0.849. The first-order chi connectivity index (χ1) is 11.2. The Morgan fingerprint density at radius 2 is 2.00 bits per heavy atom. The lowest BCUT2D eigenvalue weighted by molar-refractivity contribution is 0.109. The second-order valence-electron chi connectivity index (χ2n) is 7.68. The van der Waals surface area contributed by atoms with Crippen LogP contribution in [0.5, 0.6) is 0 Å². The molecular weight excluding hydrogens is 434 g/mol. The SMILES string of the molecule is C[Si](C)OC(CCCCC(C)(C)C)n1nc(I)c2cc(F)ccc21. The fourth-order valence-corrected chi connectivity index (χ4v) is 4.20. The van der Waals surface area contributed by atoms with Crippen molar-refractivity contribution in [3.05, 3.63) is 27.7 Å². The minimum Gasteiger partial charge on any atom is -0.396 e. The van der Waals surface area contributed by atoms with E-state index in [0.717, 1.165) is 27.4 Å². The molecule has 133 valence electrons. The number of halogens is 2. The molecule has 0 saturated carbocycles. The van der Waals surface area contributed by atoms with Gasteiger partial charge in [-0.1, -0.05) is 27.2 Å². The molecule has 0 aliphatic rings. The zero-order chi connectivity index (χ0) is 17.9. The molecule has 0 aliphatic heterocycles. The molecule has 0 bridgehead atoms. The maximum absolute atomic E-state index is 13.5. The van der Waals surface area contributed by atoms with E-state index in [4.69, 9.17) is 4.43 Å². The zero-order valence-electron chi connectivity index (χ0n) is 15.2. The summed E-state index contributed by atoms with van der Waals surface area (Å²) in [6, 6.07) is 4.86. The van der Waals surface area contributed by atoms with Crippen molar-refractivity contribution in [3.8, 4) is 0 Å². The van der Waals surface area contributed by atoms with Gasteiger partial charge in [0.1, 0.15) is 15.7 Å². The molecule has 1 aromatic carbocycles. The molecular formula is C18H27FIN2OSi. The molecule has 3 nitrogen and oxygen atoms in total. The lowest BCUT2D eigenvalue weighted by Crippen LogP contribution is -2.21. The predicted octanol–water partition coefficient (Wildman–Crippen LogP) is 6.15. The van der Waals surface area contributed by atoms with Gasteiger partial charge in [0.15, 0.2) is 0 Å². The molecule has 1 aromatic heterocycles. The second-order valence-corrected chi connectivity index (χ2v) is 10.8. The Bertz CT molecular complexity index is 681. The van der Waals surface area contributed by atoms with E-state index in [0.29, 0.717) is 5.41 Å². The highest BCUT2D eigenvalue weighted by Crippen LogP contribution is 2.29. The normalized spacial score (nSPS) is 13.8. The quantitative estimate of drug-likeness (QED) is 0.281. The monoisotopic (exact) mass is 461 g/mol. The van der Waals surface area contributed by atoms with E-state index in [1.54, 1.807) is 6.07 Å². The first-order valence-corrected chi connectivity index (χ1v) is 12.0. The van der Waals surface area contributed by atoms with Crippen molar-refractivity contribution in [2.75, 3.05) is 0 Å². The van der Waals surface area contributed by atoms with E-state index < -0.39 is 9.04 Å². The van der Waals surface area contributed by atoms with Gasteiger partial charge in [-0.25, -0.2) is 9.07 Å². The van der Waals surface area contributed by atoms with Crippen LogP contribution in [0.25, 0.3) is 10.9 Å². The smallest absolute Gasteiger partial charge is 0.207 e. The van der Waals surface area contributed by atoms with E-state index >= 15 is 0 Å². The average molecular weight is 461 g/mol. The van der Waals surface area contributed by atoms with Gasteiger partial charge in [-0.05, 0) is 78.6 Å². The zero-order valence-corrected chi connectivity index (χ0v) is 18.4. The standard InChI is InChI=1S/C18H27FIN2OSi/c1-18(2,3)11-7-6-8-16(23-24(4)5)22-15-10-9-13(19)12-14(15)17(20)21-22/h9-10,12,16H,6-8,11H2,1-5H3. The largest absolute Gasteiger partial charge is 0.396 e. The predicted molar refractivity (Wildman–Crippen MR) is 108 cm³/mol. The Morgan fingerprint density at radius 3 is 2.62 bits per heavy atom. The van der Waals surface area contributed by atoms with Gasteiger partial charge in [0.25, 0.3) is 0 Å². The first-order valence-electron chi connectivity index (χ1n) is 8.47. The highest BCUT2D eigenvalue weighted by molar-refractivity contribution is 14.1. The Hall–Kier alpha value is -0.473. The van der Waals surface area contributed by atoms with Gasteiger partial charge < -0.3 is 4.43 Å². The van der Waals surface area contributed by atoms with E-state index in [2.05, 4.69) is 61.6 Å². The van der Waals surface area contributed by atoms with Gasteiger partial charge in [-0.15, -0.1) is 0 Å². The van der Waals surface area contributed by atoms with Gasteiger partial charge in [0, 0.05) is 5.39 Å². The lowest BCUT2D eigenvalue weighted by atomic mass is 9.89. The van der Waals surface area contributed by atoms with Gasteiger partial charge in [-0.3, -0.25) is 0 Å². The molecule has 24 heavy (non-hydrogen) atoms. The Balaban J connectivity index is 2.18. The number of rotatable bonds is 7. The minimum absolute atomic E-state index is 0.0645. The van der Waals surface area contributed by atoms with Gasteiger partial charge in [-0.2, -0.15) is 5.10 Å². The number of aromatic nitrogens is 2. The van der Waals surface area contributed by atoms with Crippen molar-refractivity contribution >= 4 is 42.5 Å². The van der Waals surface area contributed by atoms with Crippen LogP contribution < -0.4 is 0 Å². The summed E-state index contributed by atoms with van der Waals surface area (Å²) in [6.07, 6.45) is 4.37. The van der Waals surface area contributed by atoms with Crippen molar-refractivity contribution in [1.29, 1.82) is 0 Å². The van der Waals surface area contributed by atoms with Crippen LogP contribution in [0.4, 0.5) is 4.39 Å². The van der Waals surface area contributed by atoms with Crippen LogP contribution in [-0.2, 0) is 4.43 Å². The van der Waals surface area contributed by atoms with Crippen LogP contribution in [0.15, 0.2) is 18.2 Å². The van der Waals surface area contributed by atoms with Gasteiger partial charge in [0.05, 0.1) is 5.52 Å². The van der Waals surface area contributed by atoms with Crippen molar-refractivity contribution in [2.45, 2.75) is 65.8 Å². The molecule has 0 fully saturated rings. The summed E-state index contributed by atoms with van der Waals surface area (Å²) >= 11 is 2.17. The molecule has 0 amide bonds. The average Bonchev–Trinajstić information content (AvgIpc) is 2.77. The van der Waals surface area contributed by atoms with Gasteiger partial charge >= 0.3 is 0 Å². The number of hydrogen-bond acceptors (Lipinski definition) is 2. The third-order valence-corrected chi connectivity index (χ3v) is 5.44. The molecule has 0 saturated heterocycles. The summed E-state index contributed by atoms with van der Waals surface area (Å²) in [6.45, 7) is 11.1. The van der Waals surface area contributed by atoms with Crippen molar-refractivity contribution in [2.24, 2.45) is 5.41 Å². The summed E-state index contributed by atoms with van der Waals surface area (Å²) < 4.78 is 22.5.